The van der Waals surface area contributed by atoms with Gasteiger partial charge in [-0.1, -0.05) is 123 Å². The first-order valence-electron chi connectivity index (χ1n) is 13.4. The molecule has 1 atom stereocenters. The van der Waals surface area contributed by atoms with E-state index in [0.717, 1.165) is 32.1 Å². The van der Waals surface area contributed by atoms with E-state index in [-0.39, 0.29) is 11.4 Å². The summed E-state index contributed by atoms with van der Waals surface area (Å²) in [5, 5.41) is 0. The highest BCUT2D eigenvalue weighted by molar-refractivity contribution is 5.78. The van der Waals surface area contributed by atoms with Crippen LogP contribution in [0.5, 0.6) is 5.75 Å². The molecule has 0 spiro atoms. The molecule has 0 N–H and O–H groups in total. The van der Waals surface area contributed by atoms with Crippen LogP contribution in [0.25, 0.3) is 0 Å². The number of carbonyl (C=O) groups is 1. The van der Waals surface area contributed by atoms with E-state index in [1.807, 2.05) is 12.1 Å². The highest BCUT2D eigenvalue weighted by atomic mass is 16.5. The first kappa shape index (κ1) is 27.7. The molecule has 31 heavy (non-hydrogen) atoms. The Morgan fingerprint density at radius 1 is 0.677 bits per heavy atom. The molecule has 0 aliphatic carbocycles. The average Bonchev–Trinajstić information content (AvgIpc) is 2.78. The Morgan fingerprint density at radius 3 is 1.52 bits per heavy atom. The van der Waals surface area contributed by atoms with Crippen molar-refractivity contribution in [3.8, 4) is 5.75 Å². The minimum absolute atomic E-state index is 0.0340. The molecule has 0 amide bonds. The third-order valence-electron chi connectivity index (χ3n) is 6.70. The van der Waals surface area contributed by atoms with Gasteiger partial charge >= 0.3 is 5.97 Å². The van der Waals surface area contributed by atoms with Gasteiger partial charge < -0.3 is 4.74 Å². The molecule has 0 aliphatic heterocycles. The maximum absolute atomic E-state index is 13.2. The third-order valence-corrected chi connectivity index (χ3v) is 6.70. The summed E-state index contributed by atoms with van der Waals surface area (Å²) >= 11 is 0. The zero-order chi connectivity index (χ0) is 22.8. The van der Waals surface area contributed by atoms with Gasteiger partial charge in [0.05, 0.1) is 5.41 Å². The second-order valence-electron chi connectivity index (χ2n) is 9.69. The zero-order valence-corrected chi connectivity index (χ0v) is 21.1. The summed E-state index contributed by atoms with van der Waals surface area (Å²) in [5.74, 6) is 0.653. The Bertz CT molecular complexity index is 563. The molecule has 0 saturated carbocycles. The fraction of sp³-hybridized carbons (Fsp3) is 0.759. The molecule has 1 rings (SSSR count). The molecule has 0 aromatic heterocycles. The molecular weight excluding hydrogens is 380 g/mol. The molecule has 0 radical (unpaired) electrons. The Hall–Kier alpha value is -1.31. The average molecular weight is 431 g/mol. The maximum Gasteiger partial charge on any atom is 0.317 e. The van der Waals surface area contributed by atoms with Crippen LogP contribution in [0.2, 0.25) is 0 Å². The quantitative estimate of drug-likeness (QED) is 0.124. The van der Waals surface area contributed by atoms with Gasteiger partial charge in [-0.15, -0.1) is 0 Å². The van der Waals surface area contributed by atoms with Crippen molar-refractivity contribution in [3.63, 3.8) is 0 Å². The van der Waals surface area contributed by atoms with Gasteiger partial charge in [-0.2, -0.15) is 0 Å². The topological polar surface area (TPSA) is 26.3 Å². The molecule has 0 fully saturated rings. The lowest BCUT2D eigenvalue weighted by Gasteiger charge is -2.27. The van der Waals surface area contributed by atoms with Crippen LogP contribution in [0.15, 0.2) is 24.3 Å². The van der Waals surface area contributed by atoms with E-state index in [1.165, 1.54) is 82.6 Å². The van der Waals surface area contributed by atoms with Gasteiger partial charge in [0.1, 0.15) is 5.75 Å². The standard InChI is InChI=1S/C29H50O2/c1-5-8-10-12-14-15-17-19-25-29(4,24-18-16-13-11-9-6-2)28(30)31-27-22-20-26(7-3)21-23-27/h20-23H,5-19,24-25H2,1-4H3. The van der Waals surface area contributed by atoms with E-state index in [9.17, 15) is 4.79 Å². The summed E-state index contributed by atoms with van der Waals surface area (Å²) in [6, 6.07) is 8.01. The number of ether oxygens (including phenoxy) is 1. The van der Waals surface area contributed by atoms with Gasteiger partial charge in [0, 0.05) is 0 Å². The first-order valence-corrected chi connectivity index (χ1v) is 13.4. The van der Waals surface area contributed by atoms with E-state index in [2.05, 4.69) is 39.8 Å². The largest absolute Gasteiger partial charge is 0.426 e. The Labute approximate surface area is 193 Å². The Balaban J connectivity index is 2.53. The van der Waals surface area contributed by atoms with E-state index in [4.69, 9.17) is 4.74 Å². The molecule has 1 unspecified atom stereocenters. The van der Waals surface area contributed by atoms with Crippen LogP contribution in [-0.4, -0.2) is 5.97 Å². The highest BCUT2D eigenvalue weighted by Crippen LogP contribution is 2.34. The second kappa shape index (κ2) is 17.3. The molecule has 1 aromatic rings. The van der Waals surface area contributed by atoms with Crippen LogP contribution in [-0.2, 0) is 11.2 Å². The van der Waals surface area contributed by atoms with Crippen LogP contribution in [0.1, 0.15) is 136 Å². The molecule has 0 heterocycles. The van der Waals surface area contributed by atoms with Crippen molar-refractivity contribution in [2.24, 2.45) is 5.41 Å². The minimum Gasteiger partial charge on any atom is -0.426 e. The van der Waals surface area contributed by atoms with Crippen molar-refractivity contribution in [3.05, 3.63) is 29.8 Å². The highest BCUT2D eigenvalue weighted by Gasteiger charge is 2.34. The van der Waals surface area contributed by atoms with Crippen molar-refractivity contribution < 1.29 is 9.53 Å². The van der Waals surface area contributed by atoms with Gasteiger partial charge in [-0.3, -0.25) is 4.79 Å². The molecular formula is C29H50O2. The lowest BCUT2D eigenvalue weighted by Crippen LogP contribution is -2.32. The number of rotatable bonds is 19. The molecule has 1 aromatic carbocycles. The fourth-order valence-corrected chi connectivity index (χ4v) is 4.30. The number of unbranched alkanes of at least 4 members (excludes halogenated alkanes) is 12. The zero-order valence-electron chi connectivity index (χ0n) is 21.1. The molecule has 2 nitrogen and oxygen atoms in total. The maximum atomic E-state index is 13.2. The molecule has 2 heteroatoms. The minimum atomic E-state index is -0.365. The van der Waals surface area contributed by atoms with Gasteiger partial charge in [0.25, 0.3) is 0 Å². The lowest BCUT2D eigenvalue weighted by molar-refractivity contribution is -0.146. The third kappa shape index (κ3) is 12.3. The Kier molecular flexibility index (Phi) is 15.4. The predicted molar refractivity (Wildman–Crippen MR) is 135 cm³/mol. The van der Waals surface area contributed by atoms with Crippen molar-refractivity contribution in [2.45, 2.75) is 137 Å². The molecule has 178 valence electrons. The van der Waals surface area contributed by atoms with Gasteiger partial charge in [-0.05, 0) is 43.9 Å². The first-order chi connectivity index (χ1) is 15.1. The van der Waals surface area contributed by atoms with Crippen LogP contribution < -0.4 is 4.74 Å². The van der Waals surface area contributed by atoms with Crippen LogP contribution in [0.3, 0.4) is 0 Å². The number of benzene rings is 1. The summed E-state index contributed by atoms with van der Waals surface area (Å²) in [6.45, 7) is 8.80. The van der Waals surface area contributed by atoms with E-state index >= 15 is 0 Å². The van der Waals surface area contributed by atoms with E-state index in [1.54, 1.807) is 0 Å². The number of esters is 1. The monoisotopic (exact) mass is 430 g/mol. The van der Waals surface area contributed by atoms with Crippen LogP contribution in [0, 0.1) is 5.41 Å². The number of hydrogen-bond acceptors (Lipinski definition) is 2. The summed E-state index contributed by atoms with van der Waals surface area (Å²) in [5.41, 5.74) is 0.907. The van der Waals surface area contributed by atoms with Crippen molar-refractivity contribution >= 4 is 5.97 Å². The number of hydrogen-bond donors (Lipinski definition) is 0. The lowest BCUT2D eigenvalue weighted by atomic mass is 9.79. The van der Waals surface area contributed by atoms with Crippen LogP contribution >= 0.6 is 0 Å². The van der Waals surface area contributed by atoms with Gasteiger partial charge in [0.2, 0.25) is 0 Å². The van der Waals surface area contributed by atoms with E-state index in [0.29, 0.717) is 5.75 Å². The summed E-state index contributed by atoms with van der Waals surface area (Å²) in [7, 11) is 0. The van der Waals surface area contributed by atoms with Crippen molar-refractivity contribution in [1.82, 2.24) is 0 Å². The molecule has 0 aliphatic rings. The smallest absolute Gasteiger partial charge is 0.317 e. The number of carbonyl (C=O) groups excluding carboxylic acids is 1. The fourth-order valence-electron chi connectivity index (χ4n) is 4.30. The summed E-state index contributed by atoms with van der Waals surface area (Å²) in [6.07, 6.45) is 20.8. The molecule has 0 saturated heterocycles. The van der Waals surface area contributed by atoms with Crippen LogP contribution in [0.4, 0.5) is 0 Å². The van der Waals surface area contributed by atoms with E-state index < -0.39 is 0 Å². The SMILES string of the molecule is CCCCCCCCCCC(C)(CCCCCCCC)C(=O)Oc1ccc(CC)cc1. The summed E-state index contributed by atoms with van der Waals surface area (Å²) < 4.78 is 5.86. The molecule has 0 bridgehead atoms. The predicted octanol–water partition coefficient (Wildman–Crippen LogP) is 9.44. The summed E-state index contributed by atoms with van der Waals surface area (Å²) in [4.78, 5) is 13.2. The van der Waals surface area contributed by atoms with Crippen molar-refractivity contribution in [1.29, 1.82) is 0 Å². The normalized spacial score (nSPS) is 13.2. The van der Waals surface area contributed by atoms with Crippen molar-refractivity contribution in [2.75, 3.05) is 0 Å². The number of aryl methyl sites for hydroxylation is 1. The Morgan fingerprint density at radius 2 is 1.10 bits per heavy atom. The van der Waals surface area contributed by atoms with Gasteiger partial charge in [0.15, 0.2) is 0 Å². The van der Waals surface area contributed by atoms with Gasteiger partial charge in [-0.25, -0.2) is 0 Å². The second-order valence-corrected chi connectivity index (χ2v) is 9.69.